The van der Waals surface area contributed by atoms with E-state index < -0.39 is 16.4 Å². The van der Waals surface area contributed by atoms with Gasteiger partial charge in [0.1, 0.15) is 0 Å². The molecule has 0 bridgehead atoms. The van der Waals surface area contributed by atoms with E-state index in [0.29, 0.717) is 158 Å². The summed E-state index contributed by atoms with van der Waals surface area (Å²) in [6, 6.07) is 6.47. The van der Waals surface area contributed by atoms with Crippen molar-refractivity contribution in [2.75, 3.05) is 172 Å². The molecule has 0 saturated heterocycles. The second kappa shape index (κ2) is 37.5. The molecule has 0 radical (unpaired) electrons. The Labute approximate surface area is 315 Å². The third-order valence-electron chi connectivity index (χ3n) is 6.65. The highest BCUT2D eigenvalue weighted by atomic mass is 32.2. The first-order valence-electron chi connectivity index (χ1n) is 18.1. The summed E-state index contributed by atoms with van der Waals surface area (Å²) in [4.78, 5) is 0.124. The van der Waals surface area contributed by atoms with E-state index in [1.165, 1.54) is 19.2 Å². The van der Waals surface area contributed by atoms with Gasteiger partial charge in [0.2, 0.25) is 0 Å². The minimum Gasteiger partial charge on any atom is -0.379 e. The molecule has 0 spiro atoms. The van der Waals surface area contributed by atoms with Crippen LogP contribution in [0.3, 0.4) is 0 Å². The molecule has 1 N–H and O–H groups in total. The molecule has 0 aliphatic heterocycles. The summed E-state index contributed by atoms with van der Waals surface area (Å²) in [5, 5.41) is 9.21. The fourth-order valence-corrected chi connectivity index (χ4v) is 4.69. The maximum Gasteiger partial charge on any atom is 0.297 e. The maximum atomic E-state index is 12.1. The van der Waals surface area contributed by atoms with Crippen LogP contribution in [-0.4, -0.2) is 192 Å². The van der Waals surface area contributed by atoms with Gasteiger partial charge in [0.05, 0.1) is 170 Å². The third-order valence-corrected chi connectivity index (χ3v) is 7.98. The first-order chi connectivity index (χ1) is 26.0. The summed E-state index contributed by atoms with van der Waals surface area (Å²) >= 11 is 0. The Balaban J connectivity index is 1.66. The Morgan fingerprint density at radius 3 is 0.943 bits per heavy atom. The molecule has 0 amide bonds. The van der Waals surface area contributed by atoms with E-state index in [2.05, 4.69) is 0 Å². The molecule has 1 rings (SSSR count). The number of aliphatic hydroxyl groups excluding tert-OH is 1. The summed E-state index contributed by atoms with van der Waals surface area (Å²) in [7, 11) is -2.33. The van der Waals surface area contributed by atoms with Crippen LogP contribution in [0.5, 0.6) is 0 Å². The Kier molecular flexibility index (Phi) is 35.1. The summed E-state index contributed by atoms with van der Waals surface area (Å²) in [5.74, 6) is 0. The Hall–Kier alpha value is -1.43. The molecule has 0 fully saturated rings. The molecule has 1 atom stereocenters. The molecular formula is C35H64O17S. The lowest BCUT2D eigenvalue weighted by molar-refractivity contribution is -0.0923. The van der Waals surface area contributed by atoms with Crippen LogP contribution in [0.1, 0.15) is 12.0 Å². The maximum absolute atomic E-state index is 12.1. The summed E-state index contributed by atoms with van der Waals surface area (Å²) in [5.41, 5.74) is 0.972. The third kappa shape index (κ3) is 33.6. The molecule has 1 unspecified atom stereocenters. The smallest absolute Gasteiger partial charge is 0.297 e. The number of methoxy groups -OCH3 is 1. The Morgan fingerprint density at radius 1 is 0.434 bits per heavy atom. The summed E-state index contributed by atoms with van der Waals surface area (Å²) < 4.78 is 99.0. The number of hydrogen-bond donors (Lipinski definition) is 1. The van der Waals surface area contributed by atoms with E-state index in [-0.39, 0.29) is 18.1 Å². The number of rotatable bonds is 42. The van der Waals surface area contributed by atoms with Crippen LogP contribution < -0.4 is 0 Å². The van der Waals surface area contributed by atoms with Gasteiger partial charge in [0, 0.05) is 13.5 Å². The standard InChI is InChI=1S/C35H64O17S/c1-33-3-5-34(6-4-33)53(37,38)52-32-31-51-30-29-50-28-27-49-26-25-48-24-23-47-22-21-46-20-19-45-18-17-44-16-15-43-14-13-42-12-11-41-10-9-40-8-7-35(36)39-2/h3-6,35-36H,7-32H2,1-2H3. The first kappa shape index (κ1) is 49.6. The molecule has 1 aromatic rings. The average Bonchev–Trinajstić information content (AvgIpc) is 3.15. The van der Waals surface area contributed by atoms with Gasteiger partial charge in [0.15, 0.2) is 6.29 Å². The molecule has 53 heavy (non-hydrogen) atoms. The molecule has 0 heterocycles. The minimum atomic E-state index is -3.78. The van der Waals surface area contributed by atoms with Crippen LogP contribution in [-0.2, 0) is 75.9 Å². The molecule has 17 nitrogen and oxygen atoms in total. The van der Waals surface area contributed by atoms with E-state index in [1.54, 1.807) is 12.1 Å². The molecular weight excluding hydrogens is 724 g/mol. The molecule has 312 valence electrons. The van der Waals surface area contributed by atoms with Crippen LogP contribution in [0.15, 0.2) is 29.2 Å². The van der Waals surface area contributed by atoms with Crippen molar-refractivity contribution in [3.63, 3.8) is 0 Å². The van der Waals surface area contributed by atoms with Crippen LogP contribution in [0.2, 0.25) is 0 Å². The highest BCUT2D eigenvalue weighted by Crippen LogP contribution is 2.12. The van der Waals surface area contributed by atoms with Gasteiger partial charge in [-0.15, -0.1) is 0 Å². The SMILES string of the molecule is COC(O)CCOCCOCCOCCOCCOCCOCCOCCOCCOCCOCCOCCOCCOS(=O)(=O)c1ccc(C)cc1. The molecule has 1 aromatic carbocycles. The van der Waals surface area contributed by atoms with Gasteiger partial charge >= 0.3 is 0 Å². The molecule has 0 aliphatic rings. The lowest BCUT2D eigenvalue weighted by Gasteiger charge is -2.09. The number of ether oxygens (including phenoxy) is 13. The fraction of sp³-hybridized carbons (Fsp3) is 0.829. The zero-order valence-electron chi connectivity index (χ0n) is 31.7. The van der Waals surface area contributed by atoms with Gasteiger partial charge in [-0.3, -0.25) is 4.18 Å². The topological polar surface area (TPSA) is 184 Å². The first-order valence-corrected chi connectivity index (χ1v) is 19.5. The van der Waals surface area contributed by atoms with Crippen LogP contribution in [0, 0.1) is 6.92 Å². The second-order valence-corrected chi connectivity index (χ2v) is 12.5. The van der Waals surface area contributed by atoms with Gasteiger partial charge in [-0.05, 0) is 19.1 Å². The van der Waals surface area contributed by atoms with E-state index in [0.717, 1.165) is 5.56 Å². The monoisotopic (exact) mass is 788 g/mol. The van der Waals surface area contributed by atoms with Crippen LogP contribution >= 0.6 is 0 Å². The lowest BCUT2D eigenvalue weighted by Crippen LogP contribution is -2.16. The zero-order valence-corrected chi connectivity index (χ0v) is 32.5. The molecule has 0 aliphatic carbocycles. The van der Waals surface area contributed by atoms with Crippen molar-refractivity contribution in [1.82, 2.24) is 0 Å². The molecule has 0 aromatic heterocycles. The zero-order chi connectivity index (χ0) is 38.3. The van der Waals surface area contributed by atoms with Gasteiger partial charge < -0.3 is 66.7 Å². The van der Waals surface area contributed by atoms with Crippen LogP contribution in [0.25, 0.3) is 0 Å². The molecule has 18 heteroatoms. The van der Waals surface area contributed by atoms with E-state index >= 15 is 0 Å². The van der Waals surface area contributed by atoms with Crippen molar-refractivity contribution in [3.05, 3.63) is 29.8 Å². The predicted octanol–water partition coefficient (Wildman–Crippen LogP) is 1.25. The number of aryl methyl sites for hydroxylation is 1. The highest BCUT2D eigenvalue weighted by molar-refractivity contribution is 7.86. The van der Waals surface area contributed by atoms with Crippen LogP contribution in [0.4, 0.5) is 0 Å². The van der Waals surface area contributed by atoms with Crippen molar-refractivity contribution in [2.24, 2.45) is 0 Å². The lowest BCUT2D eigenvalue weighted by atomic mass is 10.2. The van der Waals surface area contributed by atoms with Crippen molar-refractivity contribution in [3.8, 4) is 0 Å². The van der Waals surface area contributed by atoms with Gasteiger partial charge in [-0.25, -0.2) is 0 Å². The highest BCUT2D eigenvalue weighted by Gasteiger charge is 2.14. The fourth-order valence-electron chi connectivity index (χ4n) is 3.80. The molecule has 0 saturated carbocycles. The number of benzene rings is 1. The van der Waals surface area contributed by atoms with Crippen molar-refractivity contribution < 1.29 is 79.3 Å². The van der Waals surface area contributed by atoms with Gasteiger partial charge in [-0.2, -0.15) is 8.42 Å². The van der Waals surface area contributed by atoms with Gasteiger partial charge in [-0.1, -0.05) is 17.7 Å². The number of aliphatic hydroxyl groups is 1. The van der Waals surface area contributed by atoms with E-state index in [9.17, 15) is 13.5 Å². The van der Waals surface area contributed by atoms with Crippen molar-refractivity contribution in [1.29, 1.82) is 0 Å². The van der Waals surface area contributed by atoms with E-state index in [1.807, 2.05) is 6.92 Å². The summed E-state index contributed by atoms with van der Waals surface area (Å²) in [6.45, 7) is 12.5. The Morgan fingerprint density at radius 2 is 0.679 bits per heavy atom. The number of hydrogen-bond acceptors (Lipinski definition) is 17. The second-order valence-electron chi connectivity index (χ2n) is 10.9. The van der Waals surface area contributed by atoms with Crippen molar-refractivity contribution in [2.45, 2.75) is 24.5 Å². The minimum absolute atomic E-state index is 0.0641. The summed E-state index contributed by atoms with van der Waals surface area (Å²) in [6.07, 6.45) is -0.357. The predicted molar refractivity (Wildman–Crippen MR) is 192 cm³/mol. The van der Waals surface area contributed by atoms with Gasteiger partial charge in [0.25, 0.3) is 10.1 Å². The largest absolute Gasteiger partial charge is 0.379 e. The normalized spacial score (nSPS) is 12.5. The van der Waals surface area contributed by atoms with E-state index in [4.69, 9.17) is 65.8 Å². The quantitative estimate of drug-likeness (QED) is 0.0567. The van der Waals surface area contributed by atoms with Crippen molar-refractivity contribution >= 4 is 10.1 Å². The Bertz CT molecular complexity index is 1000. The average molecular weight is 789 g/mol.